The summed E-state index contributed by atoms with van der Waals surface area (Å²) in [5.41, 5.74) is 3.20. The van der Waals surface area contributed by atoms with E-state index in [1.165, 1.54) is 11.1 Å². The van der Waals surface area contributed by atoms with Crippen molar-refractivity contribution in [2.24, 2.45) is 17.3 Å². The summed E-state index contributed by atoms with van der Waals surface area (Å²) in [7, 11) is 2.07. The van der Waals surface area contributed by atoms with Crippen molar-refractivity contribution in [1.82, 2.24) is 24.6 Å². The van der Waals surface area contributed by atoms with E-state index in [1.807, 2.05) is 42.2 Å². The molecular weight excluding hydrogens is 705 g/mol. The molecule has 1 N–H and O–H groups in total. The van der Waals surface area contributed by atoms with Crippen LogP contribution >= 0.6 is 0 Å². The number of benzene rings is 2. The van der Waals surface area contributed by atoms with Gasteiger partial charge in [0.15, 0.2) is 5.75 Å². The van der Waals surface area contributed by atoms with Crippen LogP contribution in [0, 0.1) is 29.6 Å². The summed E-state index contributed by atoms with van der Waals surface area (Å²) in [6.07, 6.45) is 11.7. The van der Waals surface area contributed by atoms with Crippen LogP contribution in [-0.2, 0) is 11.2 Å². The molecular formula is C45H56N6O5. The number of carbonyl (C=O) groups excluding carboxylic acids is 3. The van der Waals surface area contributed by atoms with Crippen LogP contribution in [0.4, 0.5) is 10.5 Å². The Morgan fingerprint density at radius 1 is 0.964 bits per heavy atom. The lowest BCUT2D eigenvalue weighted by Crippen LogP contribution is -2.52. The van der Waals surface area contributed by atoms with Crippen molar-refractivity contribution in [2.45, 2.75) is 70.3 Å². The quantitative estimate of drug-likeness (QED) is 0.319. The molecule has 296 valence electrons. The van der Waals surface area contributed by atoms with Crippen LogP contribution in [0.5, 0.6) is 5.75 Å². The number of hydrogen-bond acceptors (Lipinski definition) is 8. The third-order valence-corrected chi connectivity index (χ3v) is 14.1. The highest BCUT2D eigenvalue weighted by Gasteiger charge is 2.61. The smallest absolute Gasteiger partial charge is 0.408 e. The second kappa shape index (κ2) is 15.4. The summed E-state index contributed by atoms with van der Waals surface area (Å²) in [6.45, 7) is 9.64. The van der Waals surface area contributed by atoms with Gasteiger partial charge < -0.3 is 34.3 Å². The minimum Gasteiger partial charge on any atom is -0.408 e. The van der Waals surface area contributed by atoms with Gasteiger partial charge in [0.2, 0.25) is 5.91 Å². The Morgan fingerprint density at radius 2 is 1.71 bits per heavy atom. The molecule has 8 rings (SSSR count). The zero-order valence-electron chi connectivity index (χ0n) is 33.2. The van der Waals surface area contributed by atoms with Gasteiger partial charge in [0.1, 0.15) is 17.8 Å². The Balaban J connectivity index is 1.01. The molecule has 11 nitrogen and oxygen atoms in total. The lowest BCUT2D eigenvalue weighted by atomic mass is 9.53. The van der Waals surface area contributed by atoms with Gasteiger partial charge in [-0.3, -0.25) is 9.59 Å². The van der Waals surface area contributed by atoms with E-state index in [4.69, 9.17) is 11.2 Å². The van der Waals surface area contributed by atoms with Gasteiger partial charge in [0.05, 0.1) is 11.2 Å². The molecule has 3 aromatic rings. The number of pyridine rings is 1. The summed E-state index contributed by atoms with van der Waals surface area (Å²) in [4.78, 5) is 55.4. The number of likely N-dealkylation sites (N-methyl/N-ethyl adjacent to an activating group) is 1. The SMILES string of the molecule is C#C[C@]1(O)CCC2[C@@H]3CCc4cc(OC(=O)N5CCN(C)CC5)c(N5CCN(C(=O)CN(CCC)C(=O)c6ccc7ccccc7n6)CC5)cc4C3CC[C@@]21C. The van der Waals surface area contributed by atoms with Crippen molar-refractivity contribution in [2.75, 3.05) is 77.4 Å². The Hall–Kier alpha value is -4.66. The van der Waals surface area contributed by atoms with Crippen LogP contribution in [-0.4, -0.2) is 126 Å². The molecule has 0 spiro atoms. The lowest BCUT2D eigenvalue weighted by molar-refractivity contribution is -0.132. The number of para-hydroxylation sites is 1. The number of fused-ring (bicyclic) bond motifs is 6. The number of piperazine rings is 2. The minimum absolute atomic E-state index is 0.00807. The van der Waals surface area contributed by atoms with E-state index >= 15 is 0 Å². The van der Waals surface area contributed by atoms with Crippen molar-refractivity contribution in [3.05, 3.63) is 65.4 Å². The molecule has 2 aromatic carbocycles. The fraction of sp³-hybridized carbons (Fsp3) is 0.556. The maximum Gasteiger partial charge on any atom is 0.415 e. The number of nitrogens with zero attached hydrogens (tertiary/aromatic N) is 6. The number of amides is 3. The standard InChI is InChI=1S/C45H56N6O5/c1-5-19-51(42(53)38-14-12-31-9-7-8-10-37(31)46-38)30-41(52)49-26-24-48(25-27-49)39-29-35-32(28-40(39)56-43(54)50-22-20-47(4)21-23-50)11-13-34-33(35)15-17-44(3)36(34)16-18-45(44,55)6-2/h2,7-10,12,14,28-29,33-34,36,55H,5,11,13,15-27,30H2,1,3-4H3/t33?,34-,36?,44+,45+/m1/s1. The Labute approximate surface area is 330 Å². The first-order chi connectivity index (χ1) is 27.0. The molecule has 4 fully saturated rings. The summed E-state index contributed by atoms with van der Waals surface area (Å²) in [5, 5.41) is 12.5. The number of rotatable bonds is 7. The van der Waals surface area contributed by atoms with Gasteiger partial charge in [-0.1, -0.05) is 44.0 Å². The average Bonchev–Trinajstić information content (AvgIpc) is 3.50. The molecule has 3 heterocycles. The predicted octanol–water partition coefficient (Wildman–Crippen LogP) is 5.40. The molecule has 2 unspecified atom stereocenters. The Kier molecular flexibility index (Phi) is 10.5. The third-order valence-electron chi connectivity index (χ3n) is 14.1. The summed E-state index contributed by atoms with van der Waals surface area (Å²) >= 11 is 0. The van der Waals surface area contributed by atoms with E-state index in [0.717, 1.165) is 68.2 Å². The lowest BCUT2D eigenvalue weighted by Gasteiger charge is -2.52. The maximum absolute atomic E-state index is 13.8. The second-order valence-corrected chi connectivity index (χ2v) is 17.1. The van der Waals surface area contributed by atoms with Crippen molar-refractivity contribution in [1.29, 1.82) is 0 Å². The fourth-order valence-electron chi connectivity index (χ4n) is 10.6. The van der Waals surface area contributed by atoms with Gasteiger partial charge in [-0.05, 0) is 105 Å². The normalized spacial score (nSPS) is 27.6. The van der Waals surface area contributed by atoms with Crippen molar-refractivity contribution in [3.8, 4) is 18.1 Å². The zero-order chi connectivity index (χ0) is 39.2. The number of terminal acetylenes is 1. The van der Waals surface area contributed by atoms with Crippen LogP contribution in [0.3, 0.4) is 0 Å². The van der Waals surface area contributed by atoms with Crippen LogP contribution < -0.4 is 9.64 Å². The Morgan fingerprint density at radius 3 is 2.46 bits per heavy atom. The van der Waals surface area contributed by atoms with E-state index < -0.39 is 5.60 Å². The second-order valence-electron chi connectivity index (χ2n) is 17.1. The summed E-state index contributed by atoms with van der Waals surface area (Å²) < 4.78 is 6.29. The number of carbonyl (C=O) groups is 3. The first kappa shape index (κ1) is 38.2. The highest BCUT2D eigenvalue weighted by molar-refractivity contribution is 5.97. The average molecular weight is 761 g/mol. The van der Waals surface area contributed by atoms with Crippen LogP contribution in [0.1, 0.15) is 79.9 Å². The third kappa shape index (κ3) is 6.89. The largest absolute Gasteiger partial charge is 0.415 e. The van der Waals surface area contributed by atoms with Crippen LogP contribution in [0.25, 0.3) is 10.9 Å². The number of aromatic nitrogens is 1. The van der Waals surface area contributed by atoms with Gasteiger partial charge in [0, 0.05) is 69.7 Å². The molecule has 2 saturated heterocycles. The first-order valence-corrected chi connectivity index (χ1v) is 20.7. The topological polar surface area (TPSA) is 110 Å². The van der Waals surface area contributed by atoms with E-state index in [1.54, 1.807) is 15.9 Å². The highest BCUT2D eigenvalue weighted by Crippen LogP contribution is 2.64. The predicted molar refractivity (Wildman–Crippen MR) is 217 cm³/mol. The summed E-state index contributed by atoms with van der Waals surface area (Å²) in [5.74, 6) is 4.18. The molecule has 2 saturated carbocycles. The van der Waals surface area contributed by atoms with Crippen molar-refractivity contribution in [3.63, 3.8) is 0 Å². The number of aryl methyl sites for hydroxylation is 1. The number of aliphatic hydroxyl groups is 1. The molecule has 5 aliphatic rings. The molecule has 11 heteroatoms. The monoisotopic (exact) mass is 760 g/mol. The van der Waals surface area contributed by atoms with Crippen molar-refractivity contribution >= 4 is 34.5 Å². The number of hydrogen-bond donors (Lipinski definition) is 1. The van der Waals surface area contributed by atoms with E-state index in [2.05, 4.69) is 46.8 Å². The molecule has 0 bridgehead atoms. The van der Waals surface area contributed by atoms with Crippen LogP contribution in [0.15, 0.2) is 48.5 Å². The molecule has 0 radical (unpaired) electrons. The van der Waals surface area contributed by atoms with Gasteiger partial charge in [-0.2, -0.15) is 0 Å². The molecule has 1 aromatic heterocycles. The fourth-order valence-corrected chi connectivity index (χ4v) is 10.6. The molecule has 3 amide bonds. The first-order valence-electron chi connectivity index (χ1n) is 20.7. The minimum atomic E-state index is -1.05. The number of anilines is 1. The maximum atomic E-state index is 13.8. The molecule has 5 atom stereocenters. The zero-order valence-corrected chi connectivity index (χ0v) is 33.2. The van der Waals surface area contributed by atoms with Crippen LogP contribution in [0.2, 0.25) is 0 Å². The highest BCUT2D eigenvalue weighted by atomic mass is 16.6. The van der Waals surface area contributed by atoms with E-state index in [0.29, 0.717) is 81.4 Å². The molecule has 2 aliphatic heterocycles. The molecule has 56 heavy (non-hydrogen) atoms. The molecule has 3 aliphatic carbocycles. The number of ether oxygens (including phenoxy) is 1. The summed E-state index contributed by atoms with van der Waals surface area (Å²) in [6, 6.07) is 15.7. The van der Waals surface area contributed by atoms with Crippen molar-refractivity contribution < 1.29 is 24.2 Å². The van der Waals surface area contributed by atoms with E-state index in [-0.39, 0.29) is 29.9 Å². The van der Waals surface area contributed by atoms with Gasteiger partial charge in [-0.25, -0.2) is 9.78 Å². The van der Waals surface area contributed by atoms with Gasteiger partial charge in [-0.15, -0.1) is 6.42 Å². The van der Waals surface area contributed by atoms with Gasteiger partial charge >= 0.3 is 6.09 Å². The van der Waals surface area contributed by atoms with Gasteiger partial charge in [0.25, 0.3) is 5.91 Å². The Bertz CT molecular complexity index is 2030. The van der Waals surface area contributed by atoms with E-state index in [9.17, 15) is 19.5 Å².